The van der Waals surface area contributed by atoms with Gasteiger partial charge in [0, 0.05) is 10.8 Å². The molecule has 0 spiro atoms. The summed E-state index contributed by atoms with van der Waals surface area (Å²) >= 11 is 0. The van der Waals surface area contributed by atoms with Crippen LogP contribution in [-0.2, 0) is 17.9 Å². The molecule has 0 atom stereocenters. The molecule has 3 heterocycles. The monoisotopic (exact) mass is 499 g/mol. The maximum Gasteiger partial charge on any atom is 0.134 e. The first kappa shape index (κ1) is 24.3. The molecule has 0 aliphatic carbocycles. The topological polar surface area (TPSA) is 136 Å². The van der Waals surface area contributed by atoms with Crippen LogP contribution in [0.15, 0.2) is 54.7 Å². The van der Waals surface area contributed by atoms with Gasteiger partial charge in [0.1, 0.15) is 42.0 Å². The van der Waals surface area contributed by atoms with E-state index in [4.69, 9.17) is 25.7 Å². The first-order valence-corrected chi connectivity index (χ1v) is 12.0. The van der Waals surface area contributed by atoms with Crippen molar-refractivity contribution in [1.29, 1.82) is 0 Å². The summed E-state index contributed by atoms with van der Waals surface area (Å²) < 4.78 is 19.1. The number of nitrogen functional groups attached to an aromatic ring is 2. The minimum Gasteiger partial charge on any atom is -0.491 e. The summed E-state index contributed by atoms with van der Waals surface area (Å²) in [5.41, 5.74) is 16.1. The smallest absolute Gasteiger partial charge is 0.134 e. The Morgan fingerprint density at radius 1 is 0.757 bits per heavy atom. The Morgan fingerprint density at radius 2 is 1.38 bits per heavy atom. The highest BCUT2D eigenvalue weighted by molar-refractivity contribution is 5.83. The van der Waals surface area contributed by atoms with Gasteiger partial charge in [0.2, 0.25) is 0 Å². The predicted octanol–water partition coefficient (Wildman–Crippen LogP) is 3.83. The molecule has 10 nitrogen and oxygen atoms in total. The largest absolute Gasteiger partial charge is 0.491 e. The Morgan fingerprint density at radius 3 is 2.03 bits per heavy atom. The summed E-state index contributed by atoms with van der Waals surface area (Å²) in [7, 11) is 0. The summed E-state index contributed by atoms with van der Waals surface area (Å²) in [6.45, 7) is 6.17. The zero-order valence-corrected chi connectivity index (χ0v) is 20.8. The molecule has 5 aromatic rings. The summed E-state index contributed by atoms with van der Waals surface area (Å²) in [6, 6.07) is 15.5. The molecule has 0 aliphatic rings. The zero-order chi connectivity index (χ0) is 25.8. The maximum absolute atomic E-state index is 5.89. The van der Waals surface area contributed by atoms with Gasteiger partial charge in [0.15, 0.2) is 0 Å². The van der Waals surface area contributed by atoms with Crippen molar-refractivity contribution in [3.05, 3.63) is 71.5 Å². The zero-order valence-electron chi connectivity index (χ0n) is 20.8. The molecule has 37 heavy (non-hydrogen) atoms. The third-order valence-electron chi connectivity index (χ3n) is 5.97. The summed E-state index contributed by atoms with van der Waals surface area (Å²) in [5.74, 6) is 2.59. The maximum atomic E-state index is 5.89. The Kier molecular flexibility index (Phi) is 7.00. The molecule has 0 unspecified atom stereocenters. The van der Waals surface area contributed by atoms with Gasteiger partial charge in [-0.2, -0.15) is 0 Å². The average molecular weight is 500 g/mol. The highest BCUT2D eigenvalue weighted by atomic mass is 16.5. The van der Waals surface area contributed by atoms with E-state index in [0.29, 0.717) is 44.6 Å². The molecular weight excluding hydrogens is 470 g/mol. The molecular formula is C27H29N7O3. The van der Waals surface area contributed by atoms with Crippen LogP contribution in [0.3, 0.4) is 0 Å². The number of fused-ring (bicyclic) bond motifs is 2. The molecule has 0 bridgehead atoms. The number of anilines is 2. The number of aryl methyl sites for hydroxylation is 2. The molecule has 0 fully saturated rings. The van der Waals surface area contributed by atoms with Crippen molar-refractivity contribution in [3.8, 4) is 11.5 Å². The fraction of sp³-hybridized carbons (Fsp3) is 0.259. The number of nitrogens with two attached hydrogens (primary N) is 2. The van der Waals surface area contributed by atoms with E-state index in [0.717, 1.165) is 50.1 Å². The molecule has 0 amide bonds. The van der Waals surface area contributed by atoms with Gasteiger partial charge in [-0.1, -0.05) is 5.21 Å². The van der Waals surface area contributed by atoms with E-state index in [9.17, 15) is 0 Å². The van der Waals surface area contributed by atoms with Crippen LogP contribution in [0.2, 0.25) is 0 Å². The highest BCUT2D eigenvalue weighted by Gasteiger charge is 2.06. The van der Waals surface area contributed by atoms with Gasteiger partial charge >= 0.3 is 0 Å². The van der Waals surface area contributed by atoms with Crippen LogP contribution < -0.4 is 20.9 Å². The van der Waals surface area contributed by atoms with Crippen LogP contribution in [0, 0.1) is 13.8 Å². The lowest BCUT2D eigenvalue weighted by atomic mass is 10.1. The lowest BCUT2D eigenvalue weighted by Gasteiger charge is -2.09. The minimum atomic E-state index is 0.314. The van der Waals surface area contributed by atoms with E-state index in [1.807, 2.05) is 68.6 Å². The van der Waals surface area contributed by atoms with Crippen LogP contribution in [-0.4, -0.2) is 44.8 Å². The SMILES string of the molecule is Cc1cc2cc(OCCOCCn3cc(COc4ccc5nc(N)c(C)cc5c4)nn3)ccc2nc1N. The van der Waals surface area contributed by atoms with Crippen molar-refractivity contribution in [2.75, 3.05) is 31.3 Å². The molecule has 190 valence electrons. The number of hydrogen-bond acceptors (Lipinski definition) is 9. The van der Waals surface area contributed by atoms with Crippen molar-refractivity contribution in [2.24, 2.45) is 0 Å². The normalized spacial score (nSPS) is 11.3. The fourth-order valence-electron chi connectivity index (χ4n) is 3.88. The summed E-state index contributed by atoms with van der Waals surface area (Å²) in [6.07, 6.45) is 1.85. The molecule has 5 rings (SSSR count). The molecule has 0 aliphatic heterocycles. The van der Waals surface area contributed by atoms with Gasteiger partial charge < -0.3 is 25.7 Å². The Labute approximate surface area is 214 Å². The molecule has 0 saturated heterocycles. The lowest BCUT2D eigenvalue weighted by molar-refractivity contribution is 0.0924. The quantitative estimate of drug-likeness (QED) is 0.275. The highest BCUT2D eigenvalue weighted by Crippen LogP contribution is 2.24. The number of pyridine rings is 2. The Bertz CT molecular complexity index is 1550. The standard InChI is InChI=1S/C27H29N7O3/c1-17-11-19-13-22(3-5-24(19)30-26(17)28)36-10-9-35-8-7-34-15-21(32-33-34)16-37-23-4-6-25-20(14-23)12-18(2)27(29)31-25/h3-6,11-15H,7-10,16H2,1-2H3,(H2,28,30)(H2,29,31). The number of hydrogen-bond donors (Lipinski definition) is 2. The second-order valence-corrected chi connectivity index (χ2v) is 8.81. The predicted molar refractivity (Wildman–Crippen MR) is 142 cm³/mol. The van der Waals surface area contributed by atoms with Crippen molar-refractivity contribution in [1.82, 2.24) is 25.0 Å². The van der Waals surface area contributed by atoms with Crippen molar-refractivity contribution in [3.63, 3.8) is 0 Å². The number of ether oxygens (including phenoxy) is 3. The van der Waals surface area contributed by atoms with Gasteiger partial charge in [-0.05, 0) is 73.5 Å². The van der Waals surface area contributed by atoms with Gasteiger partial charge in [-0.15, -0.1) is 5.10 Å². The molecule has 3 aromatic heterocycles. The van der Waals surface area contributed by atoms with E-state index in [2.05, 4.69) is 20.3 Å². The summed E-state index contributed by atoms with van der Waals surface area (Å²) in [5, 5.41) is 10.3. The van der Waals surface area contributed by atoms with Crippen LogP contribution in [0.25, 0.3) is 21.8 Å². The molecule has 10 heteroatoms. The van der Waals surface area contributed by atoms with Crippen molar-refractivity contribution in [2.45, 2.75) is 27.0 Å². The Balaban J connectivity index is 1.04. The van der Waals surface area contributed by atoms with Gasteiger partial charge in [0.25, 0.3) is 0 Å². The number of benzene rings is 2. The van der Waals surface area contributed by atoms with E-state index in [1.54, 1.807) is 4.68 Å². The van der Waals surface area contributed by atoms with E-state index in [1.165, 1.54) is 0 Å². The third-order valence-corrected chi connectivity index (χ3v) is 5.97. The second-order valence-electron chi connectivity index (χ2n) is 8.81. The third kappa shape index (κ3) is 5.87. The van der Waals surface area contributed by atoms with Crippen LogP contribution >= 0.6 is 0 Å². The summed E-state index contributed by atoms with van der Waals surface area (Å²) in [4.78, 5) is 8.77. The van der Waals surface area contributed by atoms with E-state index >= 15 is 0 Å². The second kappa shape index (κ2) is 10.7. The van der Waals surface area contributed by atoms with E-state index < -0.39 is 0 Å². The van der Waals surface area contributed by atoms with Gasteiger partial charge in [-0.3, -0.25) is 0 Å². The number of nitrogens with zero attached hydrogens (tertiary/aromatic N) is 5. The molecule has 0 radical (unpaired) electrons. The first-order chi connectivity index (χ1) is 17.9. The number of aromatic nitrogens is 5. The first-order valence-electron chi connectivity index (χ1n) is 12.0. The van der Waals surface area contributed by atoms with Crippen LogP contribution in [0.4, 0.5) is 11.6 Å². The Hall–Kier alpha value is -4.44. The minimum absolute atomic E-state index is 0.314. The van der Waals surface area contributed by atoms with Crippen LogP contribution in [0.1, 0.15) is 16.8 Å². The molecule has 4 N–H and O–H groups in total. The lowest BCUT2D eigenvalue weighted by Crippen LogP contribution is -2.11. The van der Waals surface area contributed by atoms with Gasteiger partial charge in [-0.25, -0.2) is 14.6 Å². The molecule has 2 aromatic carbocycles. The van der Waals surface area contributed by atoms with Crippen molar-refractivity contribution < 1.29 is 14.2 Å². The fourth-order valence-corrected chi connectivity index (χ4v) is 3.88. The van der Waals surface area contributed by atoms with E-state index in [-0.39, 0.29) is 0 Å². The molecule has 0 saturated carbocycles. The van der Waals surface area contributed by atoms with Crippen molar-refractivity contribution >= 4 is 33.4 Å². The average Bonchev–Trinajstić information content (AvgIpc) is 3.34. The number of rotatable bonds is 10. The van der Waals surface area contributed by atoms with Gasteiger partial charge in [0.05, 0.1) is 37.0 Å². The van der Waals surface area contributed by atoms with Crippen LogP contribution in [0.5, 0.6) is 11.5 Å².